The molecule has 0 saturated heterocycles. The molecule has 0 amide bonds. The minimum Gasteiger partial charge on any atom is -0.453 e. The summed E-state index contributed by atoms with van der Waals surface area (Å²) in [5.41, 5.74) is 2.33. The Morgan fingerprint density at radius 2 is 1.53 bits per heavy atom. The molecule has 94 valence electrons. The molecule has 0 N–H and O–H groups in total. The summed E-state index contributed by atoms with van der Waals surface area (Å²) >= 11 is 0. The van der Waals surface area contributed by atoms with Gasteiger partial charge in [-0.25, -0.2) is 0 Å². The fraction of sp³-hybridized carbons (Fsp3) is 0.176. The molecule has 4 rings (SSSR count). The molecule has 0 radical (unpaired) electrons. The van der Waals surface area contributed by atoms with E-state index in [1.165, 1.54) is 6.42 Å². The van der Waals surface area contributed by atoms with Crippen LogP contribution in [0.3, 0.4) is 0 Å². The Morgan fingerprint density at radius 1 is 0.895 bits per heavy atom. The SMILES string of the molecule is C1=C[C@@H](N2c3ccccc3Oc3ccccc32)CC1. The van der Waals surface area contributed by atoms with Gasteiger partial charge >= 0.3 is 0 Å². The standard InChI is InChI=1S/C17H15NO/c1-2-8-13(7-1)18-14-9-3-5-11-16(14)19-17-12-6-4-10-15(17)18/h1,3-7,9-13H,2,8H2/t13-/m1/s1. The lowest BCUT2D eigenvalue weighted by molar-refractivity contribution is 0.469. The maximum absolute atomic E-state index is 6.00. The third-order valence-electron chi connectivity index (χ3n) is 3.79. The Morgan fingerprint density at radius 3 is 2.11 bits per heavy atom. The molecular weight excluding hydrogens is 234 g/mol. The second-order valence-electron chi connectivity index (χ2n) is 4.98. The van der Waals surface area contributed by atoms with Crippen molar-refractivity contribution < 1.29 is 4.74 Å². The first kappa shape index (κ1) is 10.7. The second kappa shape index (κ2) is 4.16. The summed E-state index contributed by atoms with van der Waals surface area (Å²) in [4.78, 5) is 2.40. The zero-order valence-electron chi connectivity index (χ0n) is 10.6. The Balaban J connectivity index is 1.90. The van der Waals surface area contributed by atoms with E-state index in [0.29, 0.717) is 6.04 Å². The van der Waals surface area contributed by atoms with E-state index in [0.717, 1.165) is 29.3 Å². The number of hydrogen-bond donors (Lipinski definition) is 0. The number of anilines is 2. The highest BCUT2D eigenvalue weighted by molar-refractivity contribution is 5.78. The van der Waals surface area contributed by atoms with Gasteiger partial charge in [0.1, 0.15) is 0 Å². The summed E-state index contributed by atoms with van der Waals surface area (Å²) in [6.07, 6.45) is 6.90. The van der Waals surface area contributed by atoms with Gasteiger partial charge < -0.3 is 9.64 Å². The first-order chi connectivity index (χ1) is 9.43. The van der Waals surface area contributed by atoms with E-state index in [1.54, 1.807) is 0 Å². The summed E-state index contributed by atoms with van der Waals surface area (Å²) < 4.78 is 6.00. The van der Waals surface area contributed by atoms with Crippen LogP contribution in [0, 0.1) is 0 Å². The highest BCUT2D eigenvalue weighted by Crippen LogP contribution is 2.48. The molecule has 0 aromatic heterocycles. The topological polar surface area (TPSA) is 12.5 Å². The van der Waals surface area contributed by atoms with Gasteiger partial charge in [0.25, 0.3) is 0 Å². The van der Waals surface area contributed by atoms with Gasteiger partial charge in [0.2, 0.25) is 0 Å². The van der Waals surface area contributed by atoms with Crippen LogP contribution in [0.4, 0.5) is 11.4 Å². The summed E-state index contributed by atoms with van der Waals surface area (Å²) in [5, 5.41) is 0. The van der Waals surface area contributed by atoms with Gasteiger partial charge in [-0.2, -0.15) is 0 Å². The molecule has 2 aromatic carbocycles. The van der Waals surface area contributed by atoms with Gasteiger partial charge in [-0.05, 0) is 37.1 Å². The molecule has 2 nitrogen and oxygen atoms in total. The predicted molar refractivity (Wildman–Crippen MR) is 77.3 cm³/mol. The Kier molecular flexibility index (Phi) is 2.34. The zero-order valence-corrected chi connectivity index (χ0v) is 10.6. The van der Waals surface area contributed by atoms with Crippen LogP contribution < -0.4 is 9.64 Å². The Hall–Kier alpha value is -2.22. The maximum Gasteiger partial charge on any atom is 0.151 e. The Labute approximate surface area is 112 Å². The number of fused-ring (bicyclic) bond motifs is 2. The molecular formula is C17H15NO. The van der Waals surface area contributed by atoms with Crippen molar-refractivity contribution in [2.75, 3.05) is 4.90 Å². The molecule has 1 heterocycles. The van der Waals surface area contributed by atoms with Crippen molar-refractivity contribution in [2.45, 2.75) is 18.9 Å². The molecule has 2 heteroatoms. The lowest BCUT2D eigenvalue weighted by Gasteiger charge is -2.36. The first-order valence-electron chi connectivity index (χ1n) is 6.75. The van der Waals surface area contributed by atoms with Crippen molar-refractivity contribution in [1.82, 2.24) is 0 Å². The number of benzene rings is 2. The smallest absolute Gasteiger partial charge is 0.151 e. The lowest BCUT2D eigenvalue weighted by Crippen LogP contribution is -2.30. The number of para-hydroxylation sites is 4. The van der Waals surface area contributed by atoms with Gasteiger partial charge in [0, 0.05) is 0 Å². The Bertz CT molecular complexity index is 602. The molecule has 19 heavy (non-hydrogen) atoms. The quantitative estimate of drug-likeness (QED) is 0.682. The third kappa shape index (κ3) is 1.64. The molecule has 0 saturated carbocycles. The minimum absolute atomic E-state index is 0.436. The van der Waals surface area contributed by atoms with Gasteiger partial charge in [-0.15, -0.1) is 0 Å². The fourth-order valence-corrected chi connectivity index (χ4v) is 2.92. The largest absolute Gasteiger partial charge is 0.453 e. The summed E-state index contributed by atoms with van der Waals surface area (Å²) in [7, 11) is 0. The van der Waals surface area contributed by atoms with Crippen LogP contribution in [-0.2, 0) is 0 Å². The molecule has 1 atom stereocenters. The average molecular weight is 249 g/mol. The number of hydrogen-bond acceptors (Lipinski definition) is 2. The number of rotatable bonds is 1. The van der Waals surface area contributed by atoms with Crippen molar-refractivity contribution in [3.63, 3.8) is 0 Å². The predicted octanol–water partition coefficient (Wildman–Crippen LogP) is 4.65. The highest BCUT2D eigenvalue weighted by Gasteiger charge is 2.29. The van der Waals surface area contributed by atoms with Crippen LogP contribution in [-0.4, -0.2) is 6.04 Å². The van der Waals surface area contributed by atoms with Crippen molar-refractivity contribution in [2.24, 2.45) is 0 Å². The van der Waals surface area contributed by atoms with Crippen molar-refractivity contribution in [3.05, 3.63) is 60.7 Å². The van der Waals surface area contributed by atoms with Crippen LogP contribution >= 0.6 is 0 Å². The fourth-order valence-electron chi connectivity index (χ4n) is 2.92. The van der Waals surface area contributed by atoms with E-state index in [2.05, 4.69) is 41.3 Å². The maximum atomic E-state index is 6.00. The highest BCUT2D eigenvalue weighted by atomic mass is 16.5. The third-order valence-corrected chi connectivity index (χ3v) is 3.79. The molecule has 2 aromatic rings. The summed E-state index contributed by atoms with van der Waals surface area (Å²) in [6, 6.07) is 17.0. The zero-order chi connectivity index (χ0) is 12.7. The van der Waals surface area contributed by atoms with Gasteiger partial charge in [0.15, 0.2) is 11.5 Å². The van der Waals surface area contributed by atoms with Crippen LogP contribution in [0.5, 0.6) is 11.5 Å². The van der Waals surface area contributed by atoms with Crippen LogP contribution in [0.25, 0.3) is 0 Å². The minimum atomic E-state index is 0.436. The molecule has 0 unspecified atom stereocenters. The lowest BCUT2D eigenvalue weighted by atomic mass is 10.1. The first-order valence-corrected chi connectivity index (χ1v) is 6.75. The summed E-state index contributed by atoms with van der Waals surface area (Å²) in [5.74, 6) is 1.89. The van der Waals surface area contributed by atoms with Crippen LogP contribution in [0.2, 0.25) is 0 Å². The molecule has 2 aliphatic rings. The van der Waals surface area contributed by atoms with Gasteiger partial charge in [-0.1, -0.05) is 36.4 Å². The van der Waals surface area contributed by atoms with Crippen LogP contribution in [0.1, 0.15) is 12.8 Å². The monoisotopic (exact) mass is 249 g/mol. The van der Waals surface area contributed by atoms with Crippen molar-refractivity contribution >= 4 is 11.4 Å². The second-order valence-corrected chi connectivity index (χ2v) is 4.98. The van der Waals surface area contributed by atoms with E-state index < -0.39 is 0 Å². The molecule has 0 bridgehead atoms. The average Bonchev–Trinajstić information content (AvgIpc) is 2.98. The van der Waals surface area contributed by atoms with Crippen molar-refractivity contribution in [1.29, 1.82) is 0 Å². The molecule has 0 fully saturated rings. The molecule has 1 aliphatic heterocycles. The van der Waals surface area contributed by atoms with E-state index in [-0.39, 0.29) is 0 Å². The van der Waals surface area contributed by atoms with Crippen LogP contribution in [0.15, 0.2) is 60.7 Å². The van der Waals surface area contributed by atoms with Gasteiger partial charge in [0.05, 0.1) is 17.4 Å². The van der Waals surface area contributed by atoms with E-state index in [1.807, 2.05) is 24.3 Å². The van der Waals surface area contributed by atoms with E-state index >= 15 is 0 Å². The van der Waals surface area contributed by atoms with E-state index in [4.69, 9.17) is 4.74 Å². The molecule has 0 spiro atoms. The number of allylic oxidation sites excluding steroid dienone is 1. The van der Waals surface area contributed by atoms with Gasteiger partial charge in [-0.3, -0.25) is 0 Å². The number of nitrogens with zero attached hydrogens (tertiary/aromatic N) is 1. The molecule has 1 aliphatic carbocycles. The summed E-state index contributed by atoms with van der Waals surface area (Å²) in [6.45, 7) is 0. The number of ether oxygens (including phenoxy) is 1. The normalized spacial score (nSPS) is 19.8. The van der Waals surface area contributed by atoms with E-state index in [9.17, 15) is 0 Å². The van der Waals surface area contributed by atoms with Crippen molar-refractivity contribution in [3.8, 4) is 11.5 Å².